The van der Waals surface area contributed by atoms with Crippen molar-refractivity contribution >= 4 is 43.5 Å². The predicted molar refractivity (Wildman–Crippen MR) is 90.5 cm³/mol. The Morgan fingerprint density at radius 2 is 2.09 bits per heavy atom. The maximum atomic E-state index is 12.1. The van der Waals surface area contributed by atoms with E-state index in [0.717, 1.165) is 22.0 Å². The maximum absolute atomic E-state index is 12.1. The molecule has 5 nitrogen and oxygen atoms in total. The van der Waals surface area contributed by atoms with Gasteiger partial charge in [0, 0.05) is 42.4 Å². The molecule has 2 heterocycles. The van der Waals surface area contributed by atoms with Crippen molar-refractivity contribution in [3.63, 3.8) is 0 Å². The van der Waals surface area contributed by atoms with E-state index in [1.54, 1.807) is 17.3 Å². The molecule has 1 aliphatic heterocycles. The summed E-state index contributed by atoms with van der Waals surface area (Å²) in [6, 6.07) is 7.69. The number of amides is 1. The number of benzene rings is 1. The van der Waals surface area contributed by atoms with Gasteiger partial charge >= 0.3 is 6.01 Å². The first-order chi connectivity index (χ1) is 10.7. The van der Waals surface area contributed by atoms with Gasteiger partial charge < -0.3 is 9.64 Å². The number of rotatable bonds is 4. The van der Waals surface area contributed by atoms with E-state index in [9.17, 15) is 4.79 Å². The Morgan fingerprint density at radius 3 is 2.77 bits per heavy atom. The van der Waals surface area contributed by atoms with Crippen LogP contribution in [0.15, 0.2) is 41.1 Å². The van der Waals surface area contributed by atoms with E-state index in [1.807, 2.05) is 24.3 Å². The van der Waals surface area contributed by atoms with Gasteiger partial charge in [0.25, 0.3) is 0 Å². The molecule has 0 radical (unpaired) electrons. The second-order valence-corrected chi connectivity index (χ2v) is 6.58. The molecule has 0 saturated carbocycles. The van der Waals surface area contributed by atoms with Crippen LogP contribution in [-0.2, 0) is 4.79 Å². The van der Waals surface area contributed by atoms with Crippen molar-refractivity contribution in [2.75, 3.05) is 16.8 Å². The lowest BCUT2D eigenvalue weighted by Gasteiger charge is -2.17. The van der Waals surface area contributed by atoms with Crippen molar-refractivity contribution in [1.82, 2.24) is 9.97 Å². The van der Waals surface area contributed by atoms with Crippen LogP contribution in [0, 0.1) is 5.92 Å². The molecule has 114 valence electrons. The quantitative estimate of drug-likeness (QED) is 0.698. The van der Waals surface area contributed by atoms with Crippen LogP contribution >= 0.6 is 31.9 Å². The van der Waals surface area contributed by atoms with E-state index in [2.05, 4.69) is 41.8 Å². The average Bonchev–Trinajstić information content (AvgIpc) is 2.91. The lowest BCUT2D eigenvalue weighted by molar-refractivity contribution is -0.117. The molecule has 0 spiro atoms. The van der Waals surface area contributed by atoms with E-state index in [4.69, 9.17) is 4.74 Å². The van der Waals surface area contributed by atoms with Crippen molar-refractivity contribution in [2.45, 2.75) is 6.42 Å². The molecule has 0 N–H and O–H groups in total. The number of halogens is 2. The molecule has 0 bridgehead atoms. The van der Waals surface area contributed by atoms with E-state index in [-0.39, 0.29) is 11.9 Å². The van der Waals surface area contributed by atoms with Gasteiger partial charge in [-0.1, -0.05) is 22.0 Å². The normalized spacial score (nSPS) is 17.8. The van der Waals surface area contributed by atoms with Crippen LogP contribution in [0.1, 0.15) is 6.42 Å². The van der Waals surface area contributed by atoms with Crippen molar-refractivity contribution in [3.05, 3.63) is 41.1 Å². The number of ether oxygens (including phenoxy) is 1. The molecule has 7 heteroatoms. The van der Waals surface area contributed by atoms with Gasteiger partial charge in [0.1, 0.15) is 5.75 Å². The van der Waals surface area contributed by atoms with Crippen LogP contribution in [0.2, 0.25) is 0 Å². The Labute approximate surface area is 145 Å². The van der Waals surface area contributed by atoms with Gasteiger partial charge in [0.05, 0.1) is 4.47 Å². The summed E-state index contributed by atoms with van der Waals surface area (Å²) in [5.41, 5.74) is 0.836. The number of carbonyl (C=O) groups excluding carboxylic acids is 1. The largest absolute Gasteiger partial charge is 0.424 e. The summed E-state index contributed by atoms with van der Waals surface area (Å²) in [5, 5.41) is 0.832. The highest BCUT2D eigenvalue weighted by molar-refractivity contribution is 9.10. The Hall–Kier alpha value is -1.47. The molecule has 3 rings (SSSR count). The van der Waals surface area contributed by atoms with Gasteiger partial charge in [-0.15, -0.1) is 0 Å². The highest BCUT2D eigenvalue weighted by Gasteiger charge is 2.29. The summed E-state index contributed by atoms with van der Waals surface area (Å²) in [5.74, 6) is 1.10. The number of carbonyl (C=O) groups is 1. The Balaban J connectivity index is 1.78. The smallest absolute Gasteiger partial charge is 0.321 e. The first kappa shape index (κ1) is 15.4. The van der Waals surface area contributed by atoms with Crippen LogP contribution in [0.3, 0.4) is 0 Å². The third kappa shape index (κ3) is 3.47. The number of hydrogen-bond acceptors (Lipinski definition) is 4. The van der Waals surface area contributed by atoms with E-state index in [0.29, 0.717) is 18.1 Å². The second kappa shape index (κ2) is 6.75. The third-order valence-electron chi connectivity index (χ3n) is 3.36. The first-order valence-corrected chi connectivity index (χ1v) is 8.69. The van der Waals surface area contributed by atoms with Crippen molar-refractivity contribution in [2.24, 2.45) is 5.92 Å². The van der Waals surface area contributed by atoms with Crippen LogP contribution in [0.25, 0.3) is 0 Å². The van der Waals surface area contributed by atoms with E-state index in [1.165, 1.54) is 0 Å². The molecule has 1 amide bonds. The SMILES string of the molecule is O=C1CC(CBr)CN1c1cccc(Oc2ncc(Br)cn2)c1. The van der Waals surface area contributed by atoms with Gasteiger partial charge in [-0.2, -0.15) is 0 Å². The topological polar surface area (TPSA) is 55.3 Å². The van der Waals surface area contributed by atoms with Gasteiger partial charge in [-0.25, -0.2) is 9.97 Å². The zero-order chi connectivity index (χ0) is 15.5. The molecule has 2 aromatic rings. The minimum atomic E-state index is 0.140. The zero-order valence-corrected chi connectivity index (χ0v) is 14.7. The Kier molecular flexibility index (Phi) is 4.73. The summed E-state index contributed by atoms with van der Waals surface area (Å²) >= 11 is 6.72. The molecule has 1 aliphatic rings. The van der Waals surface area contributed by atoms with Gasteiger partial charge in [0.2, 0.25) is 5.91 Å². The van der Waals surface area contributed by atoms with Crippen LogP contribution < -0.4 is 9.64 Å². The van der Waals surface area contributed by atoms with Crippen LogP contribution in [0.4, 0.5) is 5.69 Å². The number of hydrogen-bond donors (Lipinski definition) is 0. The molecule has 1 unspecified atom stereocenters. The molecule has 1 fully saturated rings. The first-order valence-electron chi connectivity index (χ1n) is 6.77. The van der Waals surface area contributed by atoms with E-state index < -0.39 is 0 Å². The molecular weight excluding hydrogens is 414 g/mol. The monoisotopic (exact) mass is 425 g/mol. The fourth-order valence-corrected chi connectivity index (χ4v) is 2.95. The van der Waals surface area contributed by atoms with E-state index >= 15 is 0 Å². The summed E-state index contributed by atoms with van der Waals surface area (Å²) in [4.78, 5) is 22.0. The van der Waals surface area contributed by atoms with Crippen molar-refractivity contribution in [3.8, 4) is 11.8 Å². The fourth-order valence-electron chi connectivity index (χ4n) is 2.31. The highest BCUT2D eigenvalue weighted by atomic mass is 79.9. The second-order valence-electron chi connectivity index (χ2n) is 5.01. The minimum Gasteiger partial charge on any atom is -0.424 e. The summed E-state index contributed by atoms with van der Waals surface area (Å²) in [6.45, 7) is 0.725. The van der Waals surface area contributed by atoms with Crippen LogP contribution in [0.5, 0.6) is 11.8 Å². The summed E-state index contributed by atoms with van der Waals surface area (Å²) < 4.78 is 6.42. The fraction of sp³-hybridized carbons (Fsp3) is 0.267. The minimum absolute atomic E-state index is 0.140. The summed E-state index contributed by atoms with van der Waals surface area (Å²) in [6.07, 6.45) is 3.82. The number of aromatic nitrogens is 2. The number of anilines is 1. The molecule has 1 aromatic heterocycles. The molecule has 1 atom stereocenters. The molecule has 0 aliphatic carbocycles. The zero-order valence-electron chi connectivity index (χ0n) is 11.6. The average molecular weight is 427 g/mol. The third-order valence-corrected chi connectivity index (χ3v) is 4.68. The summed E-state index contributed by atoms with van der Waals surface area (Å²) in [7, 11) is 0. The van der Waals surface area contributed by atoms with Crippen LogP contribution in [-0.4, -0.2) is 27.7 Å². The van der Waals surface area contributed by atoms with Crippen molar-refractivity contribution in [1.29, 1.82) is 0 Å². The Morgan fingerprint density at radius 1 is 1.32 bits per heavy atom. The van der Waals surface area contributed by atoms with Gasteiger partial charge in [-0.3, -0.25) is 4.79 Å². The highest BCUT2D eigenvalue weighted by Crippen LogP contribution is 2.29. The number of alkyl halides is 1. The Bertz CT molecular complexity index is 679. The molecule has 1 saturated heterocycles. The van der Waals surface area contributed by atoms with Crippen molar-refractivity contribution < 1.29 is 9.53 Å². The lowest BCUT2D eigenvalue weighted by Crippen LogP contribution is -2.24. The van der Waals surface area contributed by atoms with Gasteiger partial charge in [0.15, 0.2) is 0 Å². The standard InChI is InChI=1S/C15H13Br2N3O2/c16-6-10-4-14(21)20(9-10)12-2-1-3-13(5-12)22-15-18-7-11(17)8-19-15/h1-3,5,7-8,10H,4,6,9H2. The molecule has 1 aromatic carbocycles. The maximum Gasteiger partial charge on any atom is 0.321 e. The van der Waals surface area contributed by atoms with Gasteiger partial charge in [-0.05, 0) is 34.0 Å². The number of nitrogens with zero attached hydrogens (tertiary/aromatic N) is 3. The predicted octanol–water partition coefficient (Wildman–Crippen LogP) is 3.78. The molecular formula is C15H13Br2N3O2. The lowest BCUT2D eigenvalue weighted by atomic mass is 10.2. The molecule has 22 heavy (non-hydrogen) atoms.